The lowest BCUT2D eigenvalue weighted by atomic mass is 10.8. The fourth-order valence-electron chi connectivity index (χ4n) is 0.0609. The summed E-state index contributed by atoms with van der Waals surface area (Å²) in [5, 5.41) is 9.17. The molecule has 0 atom stereocenters. The number of carbonyl (C=O) groups is 1. The summed E-state index contributed by atoms with van der Waals surface area (Å²) in [5.41, 5.74) is 0. The Morgan fingerprint density at radius 2 is 1.73 bits per heavy atom. The Morgan fingerprint density at radius 1 is 1.45 bits per heavy atom. The molecule has 0 radical (unpaired) electrons. The van der Waals surface area contributed by atoms with Gasteiger partial charge in [0.2, 0.25) is 0 Å². The summed E-state index contributed by atoms with van der Waals surface area (Å²) in [7, 11) is -4.64. The molecule has 0 amide bonds. The molecule has 3 N–H and O–H groups in total. The van der Waals surface area contributed by atoms with Crippen molar-refractivity contribution in [3.63, 3.8) is 0 Å². The average Bonchev–Trinajstić information content (AvgIpc) is 1.58. The van der Waals surface area contributed by atoms with E-state index in [-0.39, 0.29) is 6.29 Å². The van der Waals surface area contributed by atoms with E-state index in [9.17, 15) is 14.9 Å². The lowest BCUT2D eigenvalue weighted by Gasteiger charge is -1.82. The molecular weight excluding hydrogens is 181 g/mol. The van der Waals surface area contributed by atoms with Crippen LogP contribution in [-0.4, -0.2) is 32.4 Å². The van der Waals surface area contributed by atoms with Gasteiger partial charge in [-0.05, 0) is 0 Å². The zero-order valence-corrected chi connectivity index (χ0v) is 6.05. The molecule has 0 spiro atoms. The van der Waals surface area contributed by atoms with Crippen molar-refractivity contribution in [3.8, 4) is 0 Å². The number of aldehydes is 1. The highest BCUT2D eigenvalue weighted by molar-refractivity contribution is 7.45. The second-order valence-corrected chi connectivity index (χ2v) is 2.22. The van der Waals surface area contributed by atoms with Gasteiger partial charge in [0.25, 0.3) is 6.54 Å². The number of phosphoric acid groups is 1. The molecule has 0 aliphatic rings. The molecule has 0 aliphatic carbocycles. The predicted octanol–water partition coefficient (Wildman–Crippen LogP) is -1.47. The van der Waals surface area contributed by atoms with Crippen molar-refractivity contribution in [2.45, 2.75) is 0 Å². The topological polar surface area (TPSA) is 138 Å². The van der Waals surface area contributed by atoms with Crippen LogP contribution >= 0.6 is 7.82 Å². The maximum absolute atomic E-state index is 9.17. The van der Waals surface area contributed by atoms with Gasteiger partial charge < -0.3 is 14.7 Å². The van der Waals surface area contributed by atoms with E-state index < -0.39 is 19.3 Å². The molecule has 11 heavy (non-hydrogen) atoms. The van der Waals surface area contributed by atoms with Crippen LogP contribution in [0.15, 0.2) is 0 Å². The van der Waals surface area contributed by atoms with Crippen molar-refractivity contribution in [2.75, 3.05) is 6.54 Å². The molecule has 0 aromatic carbocycles. The minimum atomic E-state index is -4.64. The molecular formula is C2H6NO7P. The van der Waals surface area contributed by atoms with Crippen LogP contribution in [0.1, 0.15) is 0 Å². The van der Waals surface area contributed by atoms with Crippen LogP contribution in [-0.2, 0) is 9.36 Å². The second-order valence-electron chi connectivity index (χ2n) is 1.20. The van der Waals surface area contributed by atoms with E-state index in [1.807, 2.05) is 0 Å². The van der Waals surface area contributed by atoms with Crippen molar-refractivity contribution in [1.82, 2.24) is 0 Å². The van der Waals surface area contributed by atoms with Crippen molar-refractivity contribution in [3.05, 3.63) is 10.1 Å². The summed E-state index contributed by atoms with van der Waals surface area (Å²) >= 11 is 0. The summed E-state index contributed by atoms with van der Waals surface area (Å²) in [6.07, 6.45) is 0.250. The molecule has 0 rings (SSSR count). The van der Waals surface area contributed by atoms with Gasteiger partial charge >= 0.3 is 7.82 Å². The fraction of sp³-hybridized carbons (Fsp3) is 0.500. The molecule has 0 unspecified atom stereocenters. The van der Waals surface area contributed by atoms with Crippen LogP contribution < -0.4 is 0 Å². The van der Waals surface area contributed by atoms with Crippen LogP contribution in [0.2, 0.25) is 0 Å². The van der Waals surface area contributed by atoms with Gasteiger partial charge in [0, 0.05) is 4.92 Å². The van der Waals surface area contributed by atoms with Gasteiger partial charge in [-0.25, -0.2) is 4.57 Å². The molecule has 0 aliphatic heterocycles. The highest BCUT2D eigenvalue weighted by Gasteiger charge is 2.00. The lowest BCUT2D eigenvalue weighted by Crippen LogP contribution is -1.99. The number of nitro groups is 1. The Hall–Kier alpha value is -0.820. The van der Waals surface area contributed by atoms with Crippen LogP contribution in [0.4, 0.5) is 0 Å². The van der Waals surface area contributed by atoms with Gasteiger partial charge in [-0.1, -0.05) is 0 Å². The normalized spacial score (nSPS) is 9.36. The molecule has 9 heteroatoms. The van der Waals surface area contributed by atoms with Gasteiger partial charge in [-0.2, -0.15) is 0 Å². The molecule has 0 bridgehead atoms. The van der Waals surface area contributed by atoms with Crippen molar-refractivity contribution in [1.29, 1.82) is 0 Å². The molecule has 0 aromatic rings. The summed E-state index contributed by atoms with van der Waals surface area (Å²) < 4.78 is 8.88. The van der Waals surface area contributed by atoms with Crippen molar-refractivity contribution in [2.24, 2.45) is 0 Å². The molecule has 0 fully saturated rings. The minimum absolute atomic E-state index is 0.250. The Balaban J connectivity index is 0. The van der Waals surface area contributed by atoms with Gasteiger partial charge in [-0.15, -0.1) is 0 Å². The summed E-state index contributed by atoms with van der Waals surface area (Å²) in [4.78, 5) is 39.2. The van der Waals surface area contributed by atoms with Crippen LogP contribution in [0.25, 0.3) is 0 Å². The fourth-order valence-corrected chi connectivity index (χ4v) is 0.0609. The number of carbonyl (C=O) groups excluding carboxylic acids is 1. The first-order valence-electron chi connectivity index (χ1n) is 2.11. The monoisotopic (exact) mass is 187 g/mol. The summed E-state index contributed by atoms with van der Waals surface area (Å²) in [6, 6.07) is 0. The third-order valence-corrected chi connectivity index (χ3v) is 0.224. The maximum atomic E-state index is 9.17. The first kappa shape index (κ1) is 12.8. The zero-order chi connectivity index (χ0) is 9.49. The van der Waals surface area contributed by atoms with Crippen LogP contribution in [0.5, 0.6) is 0 Å². The standard InChI is InChI=1S/C2H3NO3.H3O4P/c4-2-1-3(5)6;1-5(2,3)4/h2H,1H2;(H3,1,2,3,4). The Morgan fingerprint density at radius 3 is 1.73 bits per heavy atom. The number of rotatable bonds is 2. The zero-order valence-electron chi connectivity index (χ0n) is 5.15. The lowest BCUT2D eigenvalue weighted by molar-refractivity contribution is -0.465. The van der Waals surface area contributed by atoms with E-state index in [1.165, 1.54) is 0 Å². The highest BCUT2D eigenvalue weighted by Crippen LogP contribution is 2.25. The van der Waals surface area contributed by atoms with E-state index >= 15 is 0 Å². The van der Waals surface area contributed by atoms with Gasteiger partial charge in [0.15, 0.2) is 6.29 Å². The smallest absolute Gasteiger partial charge is 0.303 e. The second kappa shape index (κ2) is 5.93. The van der Waals surface area contributed by atoms with Gasteiger partial charge in [0.1, 0.15) is 0 Å². The van der Waals surface area contributed by atoms with E-state index in [2.05, 4.69) is 0 Å². The van der Waals surface area contributed by atoms with Crippen LogP contribution in [0.3, 0.4) is 0 Å². The molecule has 0 aromatic heterocycles. The Labute approximate surface area is 60.9 Å². The minimum Gasteiger partial charge on any atom is -0.303 e. The first-order valence-corrected chi connectivity index (χ1v) is 3.67. The van der Waals surface area contributed by atoms with E-state index in [0.29, 0.717) is 0 Å². The molecule has 0 heterocycles. The number of nitrogens with zero attached hydrogens (tertiary/aromatic N) is 1. The van der Waals surface area contributed by atoms with E-state index in [4.69, 9.17) is 19.2 Å². The highest BCUT2D eigenvalue weighted by atomic mass is 31.2. The largest absolute Gasteiger partial charge is 0.466 e. The number of hydrogen-bond donors (Lipinski definition) is 3. The van der Waals surface area contributed by atoms with Crippen molar-refractivity contribution < 1.29 is 29.0 Å². The van der Waals surface area contributed by atoms with Gasteiger partial charge in [0.05, 0.1) is 0 Å². The average molecular weight is 187 g/mol. The third-order valence-electron chi connectivity index (χ3n) is 0.224. The quantitative estimate of drug-likeness (QED) is 0.207. The third kappa shape index (κ3) is 99.6. The first-order chi connectivity index (χ1) is 4.77. The van der Waals surface area contributed by atoms with Crippen LogP contribution in [0, 0.1) is 10.1 Å². The van der Waals surface area contributed by atoms with E-state index in [0.717, 1.165) is 0 Å². The van der Waals surface area contributed by atoms with Crippen molar-refractivity contribution >= 4 is 14.1 Å². The summed E-state index contributed by atoms with van der Waals surface area (Å²) in [5.74, 6) is 0. The SMILES string of the molecule is O=CC[N+](=O)[O-].O=P(O)(O)O. The van der Waals surface area contributed by atoms with Gasteiger partial charge in [-0.3, -0.25) is 14.9 Å². The summed E-state index contributed by atoms with van der Waals surface area (Å²) in [6.45, 7) is -0.583. The molecule has 8 nitrogen and oxygen atoms in total. The molecule has 0 saturated heterocycles. The predicted molar refractivity (Wildman–Crippen MR) is 32.2 cm³/mol. The Kier molecular flexibility index (Phi) is 6.91. The number of hydrogen-bond acceptors (Lipinski definition) is 4. The maximum Gasteiger partial charge on any atom is 0.466 e. The van der Waals surface area contributed by atoms with E-state index in [1.54, 1.807) is 0 Å². The Bertz CT molecular complexity index is 163. The molecule has 66 valence electrons. The molecule has 0 saturated carbocycles.